The van der Waals surface area contributed by atoms with Crippen LogP contribution in [0, 0.1) is 5.82 Å². The summed E-state index contributed by atoms with van der Waals surface area (Å²) in [5.74, 6) is -5.02. The summed E-state index contributed by atoms with van der Waals surface area (Å²) in [5, 5.41) is 14.5. The first kappa shape index (κ1) is 26.3. The lowest BCUT2D eigenvalue weighted by Crippen LogP contribution is -2.35. The van der Waals surface area contributed by atoms with Crippen LogP contribution in [-0.2, 0) is 27.5 Å². The fourth-order valence-electron chi connectivity index (χ4n) is 2.26. The number of nitrogens with two attached hydrogens (primary N) is 1. The molecule has 0 aliphatic heterocycles. The van der Waals surface area contributed by atoms with Gasteiger partial charge in [0, 0.05) is 41.1 Å². The molecule has 0 bridgehead atoms. The Hall–Kier alpha value is -3.91. The van der Waals surface area contributed by atoms with Crippen molar-refractivity contribution in [2.45, 2.75) is 19.3 Å². The van der Waals surface area contributed by atoms with E-state index in [9.17, 15) is 27.2 Å². The number of hydrogen-bond acceptors (Lipinski definition) is 7. The molecule has 0 aliphatic carbocycles. The number of aromatic nitrogens is 2. The van der Waals surface area contributed by atoms with Crippen LogP contribution in [0.5, 0.6) is 0 Å². The van der Waals surface area contributed by atoms with Crippen molar-refractivity contribution in [3.05, 3.63) is 64.5 Å². The van der Waals surface area contributed by atoms with Gasteiger partial charge in [-0.3, -0.25) is 14.6 Å². The van der Waals surface area contributed by atoms with Gasteiger partial charge in [0.1, 0.15) is 10.8 Å². The summed E-state index contributed by atoms with van der Waals surface area (Å²) in [6, 6.07) is 7.73. The molecule has 180 valence electrons. The van der Waals surface area contributed by atoms with Crippen molar-refractivity contribution in [2.24, 2.45) is 5.73 Å². The van der Waals surface area contributed by atoms with E-state index in [0.29, 0.717) is 10.6 Å². The van der Waals surface area contributed by atoms with Crippen molar-refractivity contribution < 1.29 is 37.1 Å². The van der Waals surface area contributed by atoms with E-state index in [-0.39, 0.29) is 18.8 Å². The molecule has 0 saturated heterocycles. The Bertz CT molecular complexity index is 1160. The number of carbonyl (C=O) groups excluding carboxylic acids is 2. The number of carbonyl (C=O) groups is 3. The first-order chi connectivity index (χ1) is 16.0. The molecule has 2 aromatic heterocycles. The molecule has 0 fully saturated rings. The second kappa shape index (κ2) is 11.8. The maximum atomic E-state index is 13.7. The van der Waals surface area contributed by atoms with Crippen LogP contribution in [0.1, 0.15) is 10.6 Å². The zero-order valence-corrected chi connectivity index (χ0v) is 17.9. The van der Waals surface area contributed by atoms with Gasteiger partial charge in [0.25, 0.3) is 0 Å². The van der Waals surface area contributed by atoms with Crippen molar-refractivity contribution in [1.82, 2.24) is 15.3 Å². The van der Waals surface area contributed by atoms with Gasteiger partial charge in [-0.2, -0.15) is 13.2 Å². The van der Waals surface area contributed by atoms with Crippen molar-refractivity contribution in [1.29, 1.82) is 0 Å². The minimum Gasteiger partial charge on any atom is -0.475 e. The number of carboxylic acids is 1. The molecule has 0 aliphatic rings. The topological polar surface area (TPSA) is 147 Å². The lowest BCUT2D eigenvalue weighted by molar-refractivity contribution is -0.192. The molecule has 5 N–H and O–H groups in total. The molecule has 0 radical (unpaired) electrons. The van der Waals surface area contributed by atoms with E-state index >= 15 is 0 Å². The van der Waals surface area contributed by atoms with Crippen LogP contribution >= 0.6 is 11.3 Å². The number of carboxylic acid groups (broad SMARTS) is 1. The standard InChI is InChI=1S/C18H16FN5O2S.C2HF3O2/c19-14-7-13(2-1-12(14)8-20)23-18(26)17(25)22-9-16-24-15(10-27-16)11-3-5-21-6-4-11;3-2(4,5)1(6)7/h1-7,10H,8-9,20H2,(H,22,25)(H,23,26);(H,6,7). The number of anilines is 1. The van der Waals surface area contributed by atoms with Crippen LogP contribution in [0.3, 0.4) is 0 Å². The zero-order valence-electron chi connectivity index (χ0n) is 17.1. The summed E-state index contributed by atoms with van der Waals surface area (Å²) in [4.78, 5) is 41.1. The van der Waals surface area contributed by atoms with Crippen LogP contribution in [0.25, 0.3) is 11.3 Å². The monoisotopic (exact) mass is 499 g/mol. The number of hydrogen-bond donors (Lipinski definition) is 4. The summed E-state index contributed by atoms with van der Waals surface area (Å²) in [6.07, 6.45) is -1.74. The summed E-state index contributed by atoms with van der Waals surface area (Å²) in [5.41, 5.74) is 7.58. The van der Waals surface area contributed by atoms with Crippen LogP contribution in [0.2, 0.25) is 0 Å². The third-order valence-corrected chi connectivity index (χ3v) is 4.76. The number of amides is 2. The summed E-state index contributed by atoms with van der Waals surface area (Å²) >= 11 is 1.37. The van der Waals surface area contributed by atoms with Gasteiger partial charge in [0.05, 0.1) is 12.2 Å². The molecule has 34 heavy (non-hydrogen) atoms. The molecule has 3 rings (SSSR count). The summed E-state index contributed by atoms with van der Waals surface area (Å²) in [7, 11) is 0. The average molecular weight is 499 g/mol. The Morgan fingerprint density at radius 2 is 1.74 bits per heavy atom. The maximum absolute atomic E-state index is 13.7. The molecular weight excluding hydrogens is 482 g/mol. The first-order valence-electron chi connectivity index (χ1n) is 9.23. The van der Waals surface area contributed by atoms with Crippen molar-refractivity contribution in [3.63, 3.8) is 0 Å². The number of nitrogens with zero attached hydrogens (tertiary/aromatic N) is 2. The van der Waals surface area contributed by atoms with Crippen LogP contribution < -0.4 is 16.4 Å². The molecular formula is C20H17F4N5O4S. The SMILES string of the molecule is NCc1ccc(NC(=O)C(=O)NCc2nc(-c3ccncc3)cs2)cc1F.O=C(O)C(F)(F)F. The van der Waals surface area contributed by atoms with E-state index in [4.69, 9.17) is 15.6 Å². The number of halogens is 4. The molecule has 0 unspecified atom stereocenters. The third-order valence-electron chi connectivity index (χ3n) is 3.91. The highest BCUT2D eigenvalue weighted by Gasteiger charge is 2.38. The van der Waals surface area contributed by atoms with E-state index in [1.165, 1.54) is 23.5 Å². The van der Waals surface area contributed by atoms with Gasteiger partial charge in [-0.25, -0.2) is 14.2 Å². The molecule has 9 nitrogen and oxygen atoms in total. The average Bonchev–Trinajstić information content (AvgIpc) is 3.27. The predicted octanol–water partition coefficient (Wildman–Crippen LogP) is 2.69. The Kier molecular flexibility index (Phi) is 9.15. The van der Waals surface area contributed by atoms with Crippen LogP contribution in [0.4, 0.5) is 23.2 Å². The zero-order chi connectivity index (χ0) is 25.3. The molecule has 2 heterocycles. The van der Waals surface area contributed by atoms with Gasteiger partial charge in [-0.1, -0.05) is 6.07 Å². The first-order valence-corrected chi connectivity index (χ1v) is 10.1. The second-order valence-electron chi connectivity index (χ2n) is 6.31. The molecule has 14 heteroatoms. The number of aliphatic carboxylic acids is 1. The van der Waals surface area contributed by atoms with Gasteiger partial charge in [0.2, 0.25) is 0 Å². The van der Waals surface area contributed by atoms with E-state index in [1.54, 1.807) is 12.4 Å². The maximum Gasteiger partial charge on any atom is 0.490 e. The number of pyridine rings is 1. The van der Waals surface area contributed by atoms with E-state index in [0.717, 1.165) is 17.3 Å². The Morgan fingerprint density at radius 3 is 2.29 bits per heavy atom. The number of rotatable bonds is 5. The minimum absolute atomic E-state index is 0.0514. The van der Waals surface area contributed by atoms with E-state index in [1.807, 2.05) is 17.5 Å². The fourth-order valence-corrected chi connectivity index (χ4v) is 3.00. The predicted molar refractivity (Wildman–Crippen MR) is 114 cm³/mol. The Morgan fingerprint density at radius 1 is 1.09 bits per heavy atom. The van der Waals surface area contributed by atoms with Gasteiger partial charge in [-0.15, -0.1) is 11.3 Å². The fraction of sp³-hybridized carbons (Fsp3) is 0.150. The lowest BCUT2D eigenvalue weighted by atomic mass is 10.2. The van der Waals surface area contributed by atoms with E-state index < -0.39 is 29.8 Å². The molecule has 1 aromatic carbocycles. The molecule has 3 aromatic rings. The normalized spacial score (nSPS) is 10.6. The molecule has 0 saturated carbocycles. The number of benzene rings is 1. The molecule has 0 atom stereocenters. The van der Waals surface area contributed by atoms with Crippen molar-refractivity contribution >= 4 is 34.8 Å². The van der Waals surface area contributed by atoms with Gasteiger partial charge in [-0.05, 0) is 24.3 Å². The second-order valence-corrected chi connectivity index (χ2v) is 7.26. The largest absolute Gasteiger partial charge is 0.490 e. The third kappa shape index (κ3) is 7.90. The van der Waals surface area contributed by atoms with E-state index in [2.05, 4.69) is 20.6 Å². The Labute approximate surface area is 193 Å². The Balaban J connectivity index is 0.000000509. The highest BCUT2D eigenvalue weighted by Crippen LogP contribution is 2.21. The van der Waals surface area contributed by atoms with Gasteiger partial charge >= 0.3 is 24.0 Å². The van der Waals surface area contributed by atoms with Crippen LogP contribution in [-0.4, -0.2) is 39.0 Å². The van der Waals surface area contributed by atoms with Gasteiger partial charge < -0.3 is 21.5 Å². The smallest absolute Gasteiger partial charge is 0.475 e. The van der Waals surface area contributed by atoms with Crippen LogP contribution in [0.15, 0.2) is 48.1 Å². The molecule has 2 amide bonds. The highest BCUT2D eigenvalue weighted by molar-refractivity contribution is 7.09. The number of nitrogens with one attached hydrogen (secondary N) is 2. The summed E-state index contributed by atoms with van der Waals surface area (Å²) in [6.45, 7) is 0.165. The molecule has 0 spiro atoms. The van der Waals surface area contributed by atoms with Crippen molar-refractivity contribution in [3.8, 4) is 11.3 Å². The van der Waals surface area contributed by atoms with Gasteiger partial charge in [0.15, 0.2) is 0 Å². The number of thiazole rings is 1. The highest BCUT2D eigenvalue weighted by atomic mass is 32.1. The summed E-state index contributed by atoms with van der Waals surface area (Å²) < 4.78 is 45.4. The minimum atomic E-state index is -5.08. The lowest BCUT2D eigenvalue weighted by Gasteiger charge is -2.07. The van der Waals surface area contributed by atoms with Crippen molar-refractivity contribution in [2.75, 3.05) is 5.32 Å². The quantitative estimate of drug-likeness (QED) is 0.312. The number of alkyl halides is 3.